The summed E-state index contributed by atoms with van der Waals surface area (Å²) in [5, 5.41) is 6.99. The first-order valence-electron chi connectivity index (χ1n) is 5.54. The molecule has 1 aliphatic rings. The molecule has 2 heterocycles. The molecule has 2 N–H and O–H groups in total. The molecule has 1 aromatic rings. The van der Waals surface area contributed by atoms with Gasteiger partial charge in [-0.2, -0.15) is 8.78 Å². The van der Waals surface area contributed by atoms with E-state index in [1.54, 1.807) is 0 Å². The highest BCUT2D eigenvalue weighted by atomic mass is 35.5. The minimum Gasteiger partial charge on any atom is -0.347 e. The Hall–Kier alpha value is -0.770. The molecular weight excluding hydrogens is 334 g/mol. The molecule has 10 heteroatoms. The number of thiophene rings is 1. The van der Waals surface area contributed by atoms with Crippen LogP contribution in [0.1, 0.15) is 16.1 Å². The molecule has 2 rings (SSSR count). The van der Waals surface area contributed by atoms with Crippen LogP contribution in [0.3, 0.4) is 0 Å². The SMILES string of the molecule is Cl.O=C(NC1CCNC1)c1sccc1S(=O)(=O)C(F)F. The molecule has 20 heavy (non-hydrogen) atoms. The van der Waals surface area contributed by atoms with Crippen LogP contribution in [0, 0.1) is 0 Å². The van der Waals surface area contributed by atoms with Gasteiger partial charge in [-0.3, -0.25) is 4.79 Å². The van der Waals surface area contributed by atoms with Crippen LogP contribution in [0.2, 0.25) is 0 Å². The van der Waals surface area contributed by atoms with Gasteiger partial charge in [-0.15, -0.1) is 23.7 Å². The largest absolute Gasteiger partial charge is 0.347 e. The van der Waals surface area contributed by atoms with E-state index in [1.807, 2.05) is 0 Å². The second-order valence-corrected chi connectivity index (χ2v) is 6.89. The number of hydrogen-bond acceptors (Lipinski definition) is 5. The zero-order valence-electron chi connectivity index (χ0n) is 10.1. The molecule has 0 radical (unpaired) electrons. The monoisotopic (exact) mass is 346 g/mol. The zero-order valence-corrected chi connectivity index (χ0v) is 12.6. The number of hydrogen-bond donors (Lipinski definition) is 2. The average molecular weight is 347 g/mol. The molecule has 0 saturated carbocycles. The summed E-state index contributed by atoms with van der Waals surface area (Å²) < 4.78 is 47.8. The minimum atomic E-state index is -4.74. The number of amides is 1. The predicted molar refractivity (Wildman–Crippen MR) is 73.5 cm³/mol. The molecule has 1 amide bonds. The van der Waals surface area contributed by atoms with Gasteiger partial charge >= 0.3 is 5.76 Å². The summed E-state index contributed by atoms with van der Waals surface area (Å²) in [7, 11) is -4.74. The van der Waals surface area contributed by atoms with E-state index in [9.17, 15) is 22.0 Å². The lowest BCUT2D eigenvalue weighted by molar-refractivity contribution is 0.0941. The van der Waals surface area contributed by atoms with Crippen molar-refractivity contribution in [2.75, 3.05) is 13.1 Å². The van der Waals surface area contributed by atoms with E-state index in [-0.39, 0.29) is 23.3 Å². The Morgan fingerprint density at radius 1 is 1.50 bits per heavy atom. The van der Waals surface area contributed by atoms with Gasteiger partial charge in [-0.1, -0.05) is 0 Å². The van der Waals surface area contributed by atoms with Crippen molar-refractivity contribution in [2.24, 2.45) is 0 Å². The number of sulfone groups is 1. The van der Waals surface area contributed by atoms with Crippen molar-refractivity contribution in [1.29, 1.82) is 0 Å². The number of carbonyl (C=O) groups is 1. The minimum absolute atomic E-state index is 0. The quantitative estimate of drug-likeness (QED) is 0.860. The van der Waals surface area contributed by atoms with Crippen LogP contribution in [0.15, 0.2) is 16.3 Å². The van der Waals surface area contributed by atoms with Crippen molar-refractivity contribution < 1.29 is 22.0 Å². The van der Waals surface area contributed by atoms with Crippen molar-refractivity contribution in [3.05, 3.63) is 16.3 Å². The van der Waals surface area contributed by atoms with E-state index in [2.05, 4.69) is 10.6 Å². The third-order valence-corrected chi connectivity index (χ3v) is 5.24. The molecule has 1 saturated heterocycles. The number of rotatable bonds is 4. The van der Waals surface area contributed by atoms with E-state index < -0.39 is 26.4 Å². The van der Waals surface area contributed by atoms with Crippen LogP contribution in [-0.2, 0) is 9.84 Å². The Labute approximate surface area is 125 Å². The first-order valence-corrected chi connectivity index (χ1v) is 7.96. The number of halogens is 3. The summed E-state index contributed by atoms with van der Waals surface area (Å²) in [6.07, 6.45) is 0.730. The van der Waals surface area contributed by atoms with Gasteiger partial charge in [0.1, 0.15) is 4.88 Å². The molecule has 114 valence electrons. The maximum absolute atomic E-state index is 12.5. The van der Waals surface area contributed by atoms with Gasteiger partial charge in [0.15, 0.2) is 0 Å². The van der Waals surface area contributed by atoms with Gasteiger partial charge in [0, 0.05) is 12.6 Å². The Kier molecular flexibility index (Phi) is 5.87. The fraction of sp³-hybridized carbons (Fsp3) is 0.500. The highest BCUT2D eigenvalue weighted by Crippen LogP contribution is 2.26. The van der Waals surface area contributed by atoms with Crippen molar-refractivity contribution in [1.82, 2.24) is 10.6 Å². The molecule has 0 spiro atoms. The normalized spacial score (nSPS) is 18.9. The van der Waals surface area contributed by atoms with Gasteiger partial charge in [0.2, 0.25) is 9.84 Å². The topological polar surface area (TPSA) is 75.3 Å². The van der Waals surface area contributed by atoms with E-state index >= 15 is 0 Å². The van der Waals surface area contributed by atoms with Crippen LogP contribution in [0.25, 0.3) is 0 Å². The Morgan fingerprint density at radius 3 is 2.75 bits per heavy atom. The maximum Gasteiger partial charge on any atom is 0.341 e. The third-order valence-electron chi connectivity index (χ3n) is 2.77. The highest BCUT2D eigenvalue weighted by molar-refractivity contribution is 7.92. The van der Waals surface area contributed by atoms with Crippen LogP contribution in [0.4, 0.5) is 8.78 Å². The second-order valence-electron chi connectivity index (χ2n) is 4.08. The predicted octanol–water partition coefficient (Wildman–Crippen LogP) is 1.26. The Balaban J connectivity index is 0.00000200. The van der Waals surface area contributed by atoms with Gasteiger partial charge in [0.25, 0.3) is 5.91 Å². The lowest BCUT2D eigenvalue weighted by Crippen LogP contribution is -2.36. The van der Waals surface area contributed by atoms with Crippen molar-refractivity contribution in [3.63, 3.8) is 0 Å². The van der Waals surface area contributed by atoms with Crippen LogP contribution >= 0.6 is 23.7 Å². The van der Waals surface area contributed by atoms with Crippen LogP contribution in [0.5, 0.6) is 0 Å². The average Bonchev–Trinajstić information content (AvgIpc) is 2.98. The first kappa shape index (κ1) is 17.3. The summed E-state index contributed by atoms with van der Waals surface area (Å²) >= 11 is 0.840. The Morgan fingerprint density at radius 2 is 2.20 bits per heavy atom. The molecule has 0 aliphatic carbocycles. The maximum atomic E-state index is 12.5. The molecule has 1 aliphatic heterocycles. The summed E-state index contributed by atoms with van der Waals surface area (Å²) in [6.45, 7) is 1.35. The van der Waals surface area contributed by atoms with Crippen molar-refractivity contribution in [3.8, 4) is 0 Å². The van der Waals surface area contributed by atoms with Crippen LogP contribution in [-0.4, -0.2) is 39.2 Å². The fourth-order valence-electron chi connectivity index (χ4n) is 1.81. The van der Waals surface area contributed by atoms with Crippen molar-refractivity contribution >= 4 is 39.5 Å². The molecule has 5 nitrogen and oxygen atoms in total. The van der Waals surface area contributed by atoms with E-state index in [4.69, 9.17) is 0 Å². The molecular formula is C10H13ClF2N2O3S2. The number of alkyl halides is 2. The highest BCUT2D eigenvalue weighted by Gasteiger charge is 2.32. The first-order chi connectivity index (χ1) is 8.93. The molecule has 1 unspecified atom stereocenters. The molecule has 1 aromatic heterocycles. The smallest absolute Gasteiger partial charge is 0.341 e. The third kappa shape index (κ3) is 3.46. The number of carbonyl (C=O) groups excluding carboxylic acids is 1. The zero-order chi connectivity index (χ0) is 14.0. The molecule has 1 fully saturated rings. The Bertz CT molecular complexity index is 571. The summed E-state index contributed by atoms with van der Waals surface area (Å²) in [5.41, 5.74) is 0. The lowest BCUT2D eigenvalue weighted by atomic mass is 10.2. The van der Waals surface area contributed by atoms with Crippen LogP contribution < -0.4 is 10.6 Å². The summed E-state index contributed by atoms with van der Waals surface area (Å²) in [4.78, 5) is 11.1. The van der Waals surface area contributed by atoms with E-state index in [0.717, 1.165) is 30.4 Å². The van der Waals surface area contributed by atoms with E-state index in [1.165, 1.54) is 5.38 Å². The summed E-state index contributed by atoms with van der Waals surface area (Å²) in [5.74, 6) is -4.15. The lowest BCUT2D eigenvalue weighted by Gasteiger charge is -2.11. The van der Waals surface area contributed by atoms with Gasteiger partial charge < -0.3 is 10.6 Å². The second kappa shape index (κ2) is 6.79. The standard InChI is InChI=1S/C10H12F2N2O3S2.ClH/c11-10(12)19(16,17)7-2-4-18-8(7)9(15)14-6-1-3-13-5-6;/h2,4,6,10,13H,1,3,5H2,(H,14,15);1H. The molecule has 1 atom stereocenters. The van der Waals surface area contributed by atoms with Gasteiger partial charge in [0.05, 0.1) is 4.90 Å². The molecule has 0 aromatic carbocycles. The van der Waals surface area contributed by atoms with E-state index in [0.29, 0.717) is 6.54 Å². The number of nitrogens with one attached hydrogen (secondary N) is 2. The van der Waals surface area contributed by atoms with Crippen molar-refractivity contribution in [2.45, 2.75) is 23.1 Å². The summed E-state index contributed by atoms with van der Waals surface area (Å²) in [6, 6.07) is 0.935. The molecule has 0 bridgehead atoms. The fourth-order valence-corrected chi connectivity index (χ4v) is 3.88. The van der Waals surface area contributed by atoms with Gasteiger partial charge in [-0.25, -0.2) is 8.42 Å². The van der Waals surface area contributed by atoms with Gasteiger partial charge in [-0.05, 0) is 24.4 Å².